The van der Waals surface area contributed by atoms with Gasteiger partial charge in [0.15, 0.2) is 11.5 Å². The monoisotopic (exact) mass is 389 g/mol. The summed E-state index contributed by atoms with van der Waals surface area (Å²) >= 11 is 0. The highest BCUT2D eigenvalue weighted by atomic mass is 16.5. The van der Waals surface area contributed by atoms with Gasteiger partial charge in [-0.25, -0.2) is 0 Å². The zero-order valence-corrected chi connectivity index (χ0v) is 15.7. The van der Waals surface area contributed by atoms with Gasteiger partial charge in [-0.3, -0.25) is 19.1 Å². The summed E-state index contributed by atoms with van der Waals surface area (Å²) in [6.45, 7) is 4.26. The molecule has 0 bridgehead atoms. The molecule has 0 radical (unpaired) electrons. The van der Waals surface area contributed by atoms with Crippen LogP contribution in [0.1, 0.15) is 24.2 Å². The number of nitrogens with one attached hydrogen (secondary N) is 2. The van der Waals surface area contributed by atoms with Crippen LogP contribution in [0.4, 0.5) is 5.69 Å². The van der Waals surface area contributed by atoms with Gasteiger partial charge in [0, 0.05) is 11.8 Å². The number of carbonyl (C=O) groups excluding carboxylic acids is 3. The van der Waals surface area contributed by atoms with Gasteiger partial charge in [-0.2, -0.15) is 5.10 Å². The van der Waals surface area contributed by atoms with Crippen LogP contribution in [0.3, 0.4) is 0 Å². The molecule has 1 aromatic carbocycles. The molecule has 3 amide bonds. The highest BCUT2D eigenvalue weighted by Crippen LogP contribution is 2.28. The van der Waals surface area contributed by atoms with E-state index in [1.165, 1.54) is 17.1 Å². The molecular weight excluding hydrogens is 366 g/mol. The molecule has 10 heteroatoms. The average molecular weight is 389 g/mol. The molecule has 0 saturated carbocycles. The zero-order valence-electron chi connectivity index (χ0n) is 15.7. The lowest BCUT2D eigenvalue weighted by Crippen LogP contribution is -2.32. The summed E-state index contributed by atoms with van der Waals surface area (Å²) < 4.78 is 12.2. The van der Waals surface area contributed by atoms with E-state index >= 15 is 0 Å². The minimum Gasteiger partial charge on any atom is -0.490 e. The van der Waals surface area contributed by atoms with Crippen molar-refractivity contribution in [3.8, 4) is 11.5 Å². The third-order valence-corrected chi connectivity index (χ3v) is 3.45. The van der Waals surface area contributed by atoms with Crippen LogP contribution < -0.4 is 25.8 Å². The van der Waals surface area contributed by atoms with E-state index in [9.17, 15) is 14.4 Å². The van der Waals surface area contributed by atoms with Gasteiger partial charge < -0.3 is 25.8 Å². The zero-order chi connectivity index (χ0) is 20.5. The van der Waals surface area contributed by atoms with Crippen molar-refractivity contribution >= 4 is 23.4 Å². The Morgan fingerprint density at radius 3 is 2.54 bits per heavy atom. The number of carbonyl (C=O) groups is 3. The van der Waals surface area contributed by atoms with Crippen LogP contribution >= 0.6 is 0 Å². The van der Waals surface area contributed by atoms with Crippen molar-refractivity contribution in [2.24, 2.45) is 5.73 Å². The number of rotatable bonds is 10. The van der Waals surface area contributed by atoms with E-state index in [2.05, 4.69) is 15.7 Å². The van der Waals surface area contributed by atoms with Crippen molar-refractivity contribution in [2.75, 3.05) is 25.1 Å². The van der Waals surface area contributed by atoms with Gasteiger partial charge in [-0.1, -0.05) is 0 Å². The van der Waals surface area contributed by atoms with Gasteiger partial charge in [-0.05, 0) is 32.0 Å². The molecular formula is C18H23N5O5. The molecule has 0 aliphatic carbocycles. The van der Waals surface area contributed by atoms with Crippen LogP contribution in [0.5, 0.6) is 11.5 Å². The average Bonchev–Trinajstić information content (AvgIpc) is 3.07. The smallest absolute Gasteiger partial charge is 0.251 e. The maximum atomic E-state index is 12.3. The van der Waals surface area contributed by atoms with Crippen molar-refractivity contribution in [1.82, 2.24) is 15.1 Å². The fraction of sp³-hybridized carbons (Fsp3) is 0.333. The first-order chi connectivity index (χ1) is 13.4. The number of hydrogen-bond acceptors (Lipinski definition) is 6. The normalized spacial score (nSPS) is 10.2. The third kappa shape index (κ3) is 6.01. The Morgan fingerprint density at radius 2 is 1.86 bits per heavy atom. The van der Waals surface area contributed by atoms with Crippen molar-refractivity contribution in [3.05, 3.63) is 36.2 Å². The molecule has 0 fully saturated rings. The van der Waals surface area contributed by atoms with Crippen molar-refractivity contribution in [3.63, 3.8) is 0 Å². The van der Waals surface area contributed by atoms with Gasteiger partial charge in [0.05, 0.1) is 31.6 Å². The minimum absolute atomic E-state index is 0.0908. The summed E-state index contributed by atoms with van der Waals surface area (Å²) in [4.78, 5) is 35.1. The lowest BCUT2D eigenvalue weighted by Gasteiger charge is -2.12. The first-order valence-corrected chi connectivity index (χ1v) is 8.71. The number of nitrogens with zero attached hydrogens (tertiary/aromatic N) is 2. The summed E-state index contributed by atoms with van der Waals surface area (Å²) in [5.41, 5.74) is 5.81. The Labute approximate surface area is 162 Å². The van der Waals surface area contributed by atoms with E-state index in [1.807, 2.05) is 13.8 Å². The third-order valence-electron chi connectivity index (χ3n) is 3.45. The van der Waals surface area contributed by atoms with Crippen LogP contribution in [-0.4, -0.2) is 47.3 Å². The summed E-state index contributed by atoms with van der Waals surface area (Å²) in [7, 11) is 0. The molecule has 2 aromatic rings. The molecule has 0 saturated heterocycles. The Hall–Kier alpha value is -3.56. The Kier molecular flexibility index (Phi) is 7.37. The number of nitrogens with two attached hydrogens (primary N) is 1. The molecule has 10 nitrogen and oxygen atoms in total. The number of aromatic nitrogens is 2. The molecule has 0 aliphatic heterocycles. The number of hydrogen-bond donors (Lipinski definition) is 3. The number of benzene rings is 1. The number of amides is 3. The quantitative estimate of drug-likeness (QED) is 0.542. The topological polar surface area (TPSA) is 138 Å². The molecule has 1 aromatic heterocycles. The van der Waals surface area contributed by atoms with Gasteiger partial charge in [0.25, 0.3) is 5.91 Å². The summed E-state index contributed by atoms with van der Waals surface area (Å²) in [5.74, 6) is -0.406. The lowest BCUT2D eigenvalue weighted by atomic mass is 10.2. The second-order valence-corrected chi connectivity index (χ2v) is 5.65. The van der Waals surface area contributed by atoms with Crippen molar-refractivity contribution in [1.29, 1.82) is 0 Å². The van der Waals surface area contributed by atoms with Crippen molar-refractivity contribution < 1.29 is 23.9 Å². The molecule has 0 atom stereocenters. The summed E-state index contributed by atoms with van der Waals surface area (Å²) in [6, 6.07) is 4.81. The van der Waals surface area contributed by atoms with E-state index in [0.29, 0.717) is 36.0 Å². The molecule has 1 heterocycles. The molecule has 150 valence electrons. The first kappa shape index (κ1) is 20.7. The Morgan fingerprint density at radius 1 is 1.14 bits per heavy atom. The maximum absolute atomic E-state index is 12.3. The highest BCUT2D eigenvalue weighted by molar-refractivity contribution is 5.99. The Bertz CT molecular complexity index is 849. The summed E-state index contributed by atoms with van der Waals surface area (Å²) in [5, 5.41) is 8.99. The fourth-order valence-corrected chi connectivity index (χ4v) is 2.33. The fourth-order valence-electron chi connectivity index (χ4n) is 2.33. The van der Waals surface area contributed by atoms with Gasteiger partial charge >= 0.3 is 0 Å². The standard InChI is InChI=1S/C18H23N5O5/c1-3-27-14-6-5-12(7-15(14)28-4-2)18(26)20-9-17(25)22-13-8-21-23(10-13)11-16(19)24/h5-8,10H,3-4,9,11H2,1-2H3,(H2,19,24)(H,20,26)(H,22,25). The maximum Gasteiger partial charge on any atom is 0.251 e. The molecule has 0 aliphatic rings. The van der Waals surface area contributed by atoms with Crippen LogP contribution in [0.15, 0.2) is 30.6 Å². The molecule has 2 rings (SSSR count). The van der Waals surface area contributed by atoms with Crippen LogP contribution in [0.2, 0.25) is 0 Å². The van der Waals surface area contributed by atoms with Crippen LogP contribution in [0, 0.1) is 0 Å². The predicted octanol–water partition coefficient (Wildman–Crippen LogP) is 0.534. The second-order valence-electron chi connectivity index (χ2n) is 5.65. The highest BCUT2D eigenvalue weighted by Gasteiger charge is 2.13. The van der Waals surface area contributed by atoms with E-state index in [1.54, 1.807) is 18.2 Å². The van der Waals surface area contributed by atoms with Crippen LogP contribution in [-0.2, 0) is 16.1 Å². The SMILES string of the molecule is CCOc1ccc(C(=O)NCC(=O)Nc2cnn(CC(N)=O)c2)cc1OCC. The second kappa shape index (κ2) is 9.95. The largest absolute Gasteiger partial charge is 0.490 e. The molecule has 28 heavy (non-hydrogen) atoms. The van der Waals surface area contributed by atoms with E-state index in [-0.39, 0.29) is 13.1 Å². The Balaban J connectivity index is 1.92. The predicted molar refractivity (Wildman–Crippen MR) is 101 cm³/mol. The number of ether oxygens (including phenoxy) is 2. The van der Waals surface area contributed by atoms with Crippen molar-refractivity contribution in [2.45, 2.75) is 20.4 Å². The van der Waals surface area contributed by atoms with E-state index < -0.39 is 17.7 Å². The van der Waals surface area contributed by atoms with E-state index in [4.69, 9.17) is 15.2 Å². The molecule has 0 spiro atoms. The van der Waals surface area contributed by atoms with Gasteiger partial charge in [-0.15, -0.1) is 0 Å². The number of primary amides is 1. The van der Waals surface area contributed by atoms with Crippen LogP contribution in [0.25, 0.3) is 0 Å². The minimum atomic E-state index is -0.546. The summed E-state index contributed by atoms with van der Waals surface area (Å²) in [6.07, 6.45) is 2.84. The lowest BCUT2D eigenvalue weighted by molar-refractivity contribution is -0.118. The van der Waals surface area contributed by atoms with Gasteiger partial charge in [0.2, 0.25) is 11.8 Å². The van der Waals surface area contributed by atoms with E-state index in [0.717, 1.165) is 0 Å². The first-order valence-electron chi connectivity index (χ1n) is 8.71. The number of anilines is 1. The van der Waals surface area contributed by atoms with Gasteiger partial charge in [0.1, 0.15) is 6.54 Å². The molecule has 0 unspecified atom stereocenters. The molecule has 4 N–H and O–H groups in total.